The minimum absolute atomic E-state index is 0.545. The number of hydrogen-bond donors (Lipinski definition) is 0. The second kappa shape index (κ2) is 3.63. The maximum absolute atomic E-state index is 5.71. The first-order chi connectivity index (χ1) is 5.29. The highest BCUT2D eigenvalue weighted by Gasteiger charge is 2.01. The van der Waals surface area contributed by atoms with Crippen LogP contribution in [0.5, 0.6) is 5.75 Å². The van der Waals surface area contributed by atoms with E-state index in [0.717, 1.165) is 16.9 Å². The van der Waals surface area contributed by atoms with Crippen LogP contribution in [0.3, 0.4) is 0 Å². The number of halogens is 1. The normalized spacial score (nSPS) is 9.73. The number of hydrogen-bond acceptors (Lipinski definition) is 1. The lowest BCUT2D eigenvalue weighted by atomic mass is 10.1. The van der Waals surface area contributed by atoms with Crippen molar-refractivity contribution in [1.29, 1.82) is 0 Å². The molecule has 0 unspecified atom stereocenters. The Bertz CT molecular complexity index is 223. The summed E-state index contributed by atoms with van der Waals surface area (Å²) in [5, 5.41) is 0. The number of ether oxygens (including phenoxy) is 1. The minimum Gasteiger partial charge on any atom is -0.496 e. The molecule has 11 heavy (non-hydrogen) atoms. The topological polar surface area (TPSA) is 9.23 Å². The maximum atomic E-state index is 5.71. The van der Waals surface area contributed by atoms with Crippen LogP contribution >= 0.6 is 11.6 Å². The predicted molar refractivity (Wildman–Crippen MR) is 47.3 cm³/mol. The molecule has 0 aliphatic heterocycles. The highest BCUT2D eigenvalue weighted by Crippen LogP contribution is 2.21. The van der Waals surface area contributed by atoms with Crippen molar-refractivity contribution in [1.82, 2.24) is 0 Å². The molecule has 0 fully saturated rings. The number of methoxy groups -OCH3 is 1. The summed E-state index contributed by atoms with van der Waals surface area (Å²) in [6.07, 6.45) is 0. The van der Waals surface area contributed by atoms with Gasteiger partial charge < -0.3 is 4.74 Å². The van der Waals surface area contributed by atoms with Gasteiger partial charge in [-0.15, -0.1) is 11.6 Å². The van der Waals surface area contributed by atoms with Gasteiger partial charge in [-0.2, -0.15) is 0 Å². The molecule has 0 aliphatic rings. The lowest BCUT2D eigenvalue weighted by Gasteiger charge is -2.06. The smallest absolute Gasteiger partial charge is 0.122 e. The van der Waals surface area contributed by atoms with Gasteiger partial charge in [0.2, 0.25) is 0 Å². The van der Waals surface area contributed by atoms with Gasteiger partial charge in [-0.3, -0.25) is 0 Å². The third kappa shape index (κ3) is 1.66. The van der Waals surface area contributed by atoms with Crippen molar-refractivity contribution in [2.45, 2.75) is 12.8 Å². The van der Waals surface area contributed by atoms with Gasteiger partial charge in [0, 0.05) is 5.88 Å². The molecule has 60 valence electrons. The van der Waals surface area contributed by atoms with E-state index in [9.17, 15) is 0 Å². The Balaban J connectivity index is 3.10. The van der Waals surface area contributed by atoms with Gasteiger partial charge in [-0.1, -0.05) is 12.1 Å². The third-order valence-corrected chi connectivity index (χ3v) is 2.05. The molecule has 0 saturated heterocycles. The largest absolute Gasteiger partial charge is 0.496 e. The SMILES string of the molecule is COc1cccc(CCl)c1C. The average Bonchev–Trinajstić information content (AvgIpc) is 2.05. The summed E-state index contributed by atoms with van der Waals surface area (Å²) in [4.78, 5) is 0. The fourth-order valence-electron chi connectivity index (χ4n) is 1.03. The standard InChI is InChI=1S/C9H11ClO/c1-7-8(6-10)4-3-5-9(7)11-2/h3-5H,6H2,1-2H3. The van der Waals surface area contributed by atoms with Gasteiger partial charge in [-0.25, -0.2) is 0 Å². The summed E-state index contributed by atoms with van der Waals surface area (Å²) in [6, 6.07) is 5.89. The van der Waals surface area contributed by atoms with Crippen LogP contribution in [0.1, 0.15) is 11.1 Å². The van der Waals surface area contributed by atoms with E-state index in [1.165, 1.54) is 0 Å². The zero-order valence-electron chi connectivity index (χ0n) is 6.73. The Kier molecular flexibility index (Phi) is 2.77. The van der Waals surface area contributed by atoms with E-state index >= 15 is 0 Å². The van der Waals surface area contributed by atoms with Crippen LogP contribution in [0.15, 0.2) is 18.2 Å². The lowest BCUT2D eigenvalue weighted by molar-refractivity contribution is 0.411. The van der Waals surface area contributed by atoms with Gasteiger partial charge in [0.1, 0.15) is 5.75 Å². The molecule has 0 saturated carbocycles. The monoisotopic (exact) mass is 170 g/mol. The van der Waals surface area contributed by atoms with Gasteiger partial charge in [-0.05, 0) is 24.1 Å². The summed E-state index contributed by atoms with van der Waals surface area (Å²) in [5.74, 6) is 1.45. The van der Waals surface area contributed by atoms with E-state index in [4.69, 9.17) is 16.3 Å². The Morgan fingerprint density at radius 2 is 2.18 bits per heavy atom. The second-order valence-electron chi connectivity index (χ2n) is 2.38. The van der Waals surface area contributed by atoms with Crippen LogP contribution in [-0.4, -0.2) is 7.11 Å². The van der Waals surface area contributed by atoms with E-state index < -0.39 is 0 Å². The van der Waals surface area contributed by atoms with Crippen molar-refractivity contribution in [2.24, 2.45) is 0 Å². The van der Waals surface area contributed by atoms with Crippen LogP contribution in [0.4, 0.5) is 0 Å². The molecule has 1 rings (SSSR count). The Morgan fingerprint density at radius 1 is 1.45 bits per heavy atom. The highest BCUT2D eigenvalue weighted by molar-refractivity contribution is 6.17. The van der Waals surface area contributed by atoms with Gasteiger partial charge in [0.15, 0.2) is 0 Å². The van der Waals surface area contributed by atoms with E-state index in [0.29, 0.717) is 5.88 Å². The summed E-state index contributed by atoms with van der Waals surface area (Å²) < 4.78 is 5.13. The van der Waals surface area contributed by atoms with Crippen molar-refractivity contribution < 1.29 is 4.74 Å². The first-order valence-electron chi connectivity index (χ1n) is 3.48. The van der Waals surface area contributed by atoms with Crippen molar-refractivity contribution in [2.75, 3.05) is 7.11 Å². The van der Waals surface area contributed by atoms with E-state index in [1.807, 2.05) is 25.1 Å². The van der Waals surface area contributed by atoms with Crippen LogP contribution in [0.2, 0.25) is 0 Å². The van der Waals surface area contributed by atoms with E-state index in [1.54, 1.807) is 7.11 Å². The number of alkyl halides is 1. The summed E-state index contributed by atoms with van der Waals surface area (Å²) in [6.45, 7) is 2.01. The molecule has 2 heteroatoms. The van der Waals surface area contributed by atoms with Crippen LogP contribution < -0.4 is 4.74 Å². The summed E-state index contributed by atoms with van der Waals surface area (Å²) in [7, 11) is 1.67. The van der Waals surface area contributed by atoms with Crippen molar-refractivity contribution in [3.63, 3.8) is 0 Å². The molecule has 0 radical (unpaired) electrons. The molecular weight excluding hydrogens is 160 g/mol. The molecule has 1 nitrogen and oxygen atoms in total. The van der Waals surface area contributed by atoms with E-state index in [-0.39, 0.29) is 0 Å². The molecule has 0 heterocycles. The average molecular weight is 171 g/mol. The molecule has 0 aromatic heterocycles. The lowest BCUT2D eigenvalue weighted by Crippen LogP contribution is -1.90. The molecule has 0 amide bonds. The number of benzene rings is 1. The Hall–Kier alpha value is -0.690. The van der Waals surface area contributed by atoms with Gasteiger partial charge in [0.05, 0.1) is 7.11 Å². The third-order valence-electron chi connectivity index (χ3n) is 1.76. The fraction of sp³-hybridized carbons (Fsp3) is 0.333. The zero-order chi connectivity index (χ0) is 8.27. The molecular formula is C9H11ClO. The first-order valence-corrected chi connectivity index (χ1v) is 4.01. The maximum Gasteiger partial charge on any atom is 0.122 e. The highest BCUT2D eigenvalue weighted by atomic mass is 35.5. The second-order valence-corrected chi connectivity index (χ2v) is 2.65. The van der Waals surface area contributed by atoms with Crippen molar-refractivity contribution in [3.05, 3.63) is 29.3 Å². The van der Waals surface area contributed by atoms with E-state index in [2.05, 4.69) is 0 Å². The fourth-order valence-corrected chi connectivity index (χ4v) is 1.32. The van der Waals surface area contributed by atoms with Crippen molar-refractivity contribution >= 4 is 11.6 Å². The summed E-state index contributed by atoms with van der Waals surface area (Å²) in [5.41, 5.74) is 2.26. The molecule has 0 bridgehead atoms. The molecule has 0 N–H and O–H groups in total. The number of rotatable bonds is 2. The molecule has 0 spiro atoms. The molecule has 1 aromatic rings. The zero-order valence-corrected chi connectivity index (χ0v) is 7.48. The molecule has 1 aromatic carbocycles. The van der Waals surface area contributed by atoms with Gasteiger partial charge >= 0.3 is 0 Å². The van der Waals surface area contributed by atoms with Crippen LogP contribution in [0.25, 0.3) is 0 Å². The quantitative estimate of drug-likeness (QED) is 0.621. The Morgan fingerprint density at radius 3 is 2.73 bits per heavy atom. The predicted octanol–water partition coefficient (Wildman–Crippen LogP) is 2.74. The molecule has 0 atom stereocenters. The Labute approximate surface area is 71.9 Å². The van der Waals surface area contributed by atoms with Crippen LogP contribution in [0, 0.1) is 6.92 Å². The van der Waals surface area contributed by atoms with Gasteiger partial charge in [0.25, 0.3) is 0 Å². The van der Waals surface area contributed by atoms with Crippen molar-refractivity contribution in [3.8, 4) is 5.75 Å². The molecule has 0 aliphatic carbocycles. The minimum atomic E-state index is 0.545. The van der Waals surface area contributed by atoms with Crippen LogP contribution in [-0.2, 0) is 5.88 Å². The summed E-state index contributed by atoms with van der Waals surface area (Å²) >= 11 is 5.71. The first kappa shape index (κ1) is 8.41.